The Morgan fingerprint density at radius 1 is 0.940 bits per heavy atom. The largest absolute Gasteiger partial charge is 0.392 e. The van der Waals surface area contributed by atoms with Crippen molar-refractivity contribution in [3.8, 4) is 0 Å². The second-order valence-electron chi connectivity index (χ2n) is 13.1. The first-order valence-corrected chi connectivity index (χ1v) is 18.6. The zero-order valence-electron chi connectivity index (χ0n) is 28.6. The minimum Gasteiger partial charge on any atom is -0.392 e. The number of aliphatic hydroxyl groups is 1. The molecule has 9 heteroatoms. The third kappa shape index (κ3) is 6.00. The van der Waals surface area contributed by atoms with Crippen LogP contribution in [-0.4, -0.2) is 57.5 Å². The molecule has 0 saturated heterocycles. The minimum atomic E-state index is -3.70. The van der Waals surface area contributed by atoms with Crippen LogP contribution in [0.2, 0.25) is 0 Å². The Morgan fingerprint density at radius 3 is 2.06 bits per heavy atom. The van der Waals surface area contributed by atoms with Crippen LogP contribution in [0.1, 0.15) is 61.1 Å². The van der Waals surface area contributed by atoms with E-state index in [1.165, 1.54) is 4.31 Å². The van der Waals surface area contributed by atoms with Gasteiger partial charge in [0.05, 0.1) is 17.1 Å². The van der Waals surface area contributed by atoms with E-state index in [-0.39, 0.29) is 23.4 Å². The summed E-state index contributed by atoms with van der Waals surface area (Å²) in [6.45, 7) is 5.92. The highest BCUT2D eigenvalue weighted by molar-refractivity contribution is 7.93. The summed E-state index contributed by atoms with van der Waals surface area (Å²) in [5.41, 5.74) is 10.6. The van der Waals surface area contributed by atoms with E-state index in [1.807, 2.05) is 18.3 Å². The van der Waals surface area contributed by atoms with Crippen LogP contribution in [0.5, 0.6) is 0 Å². The predicted molar refractivity (Wildman–Crippen MR) is 199 cm³/mol. The van der Waals surface area contributed by atoms with Crippen LogP contribution in [0.4, 0.5) is 0 Å². The quantitative estimate of drug-likeness (QED) is 0.148. The van der Waals surface area contributed by atoms with Gasteiger partial charge in [-0.3, -0.25) is 5.01 Å². The lowest BCUT2D eigenvalue weighted by molar-refractivity contribution is 0.164. The molecule has 2 aliphatic rings. The fourth-order valence-electron chi connectivity index (χ4n) is 7.34. The summed E-state index contributed by atoms with van der Waals surface area (Å²) < 4.78 is 30.1. The van der Waals surface area contributed by atoms with E-state index in [1.54, 1.807) is 26.0 Å². The number of sulfonamides is 1. The summed E-state index contributed by atoms with van der Waals surface area (Å²) >= 11 is 0. The zero-order valence-corrected chi connectivity index (χ0v) is 29.4. The normalized spacial score (nSPS) is 18.8. The van der Waals surface area contributed by atoms with Gasteiger partial charge in [-0.1, -0.05) is 110 Å². The second-order valence-corrected chi connectivity index (χ2v) is 15.0. The third-order valence-corrected chi connectivity index (χ3v) is 11.8. The predicted octanol–water partition coefficient (Wildman–Crippen LogP) is 6.84. The van der Waals surface area contributed by atoms with Gasteiger partial charge in [-0.2, -0.15) is 4.31 Å². The SMILES string of the molecule is CCN(C[C@@H](C)O)S(=O)(=O)C1=CCC(c2cnc3ccc(C4=CN(C(c5ccccc5)(c5ccccc5)c5ccccc5)NC4C)cn23)C=C1. The van der Waals surface area contributed by atoms with E-state index in [9.17, 15) is 13.5 Å². The van der Waals surface area contributed by atoms with Gasteiger partial charge in [-0.05, 0) is 66.3 Å². The average Bonchev–Trinajstić information content (AvgIpc) is 3.75. The molecular formula is C41H43N5O3S. The number of nitrogens with one attached hydrogen (secondary N) is 1. The number of rotatable bonds is 11. The number of allylic oxidation sites excluding steroid dienone is 3. The molecule has 0 fully saturated rings. The number of hydrogen-bond acceptors (Lipinski definition) is 6. The van der Waals surface area contributed by atoms with Gasteiger partial charge in [0, 0.05) is 43.3 Å². The molecule has 1 aliphatic carbocycles. The van der Waals surface area contributed by atoms with Crippen molar-refractivity contribution in [1.82, 2.24) is 24.1 Å². The average molecular weight is 686 g/mol. The Hall–Kier alpha value is -4.80. The molecule has 2 unspecified atom stereocenters. The van der Waals surface area contributed by atoms with Crippen molar-refractivity contribution in [3.63, 3.8) is 0 Å². The molecule has 0 spiro atoms. The van der Waals surface area contributed by atoms with Gasteiger partial charge in [-0.15, -0.1) is 0 Å². The molecule has 3 atom stereocenters. The number of imidazole rings is 1. The summed E-state index contributed by atoms with van der Waals surface area (Å²) in [7, 11) is -3.70. The van der Waals surface area contributed by atoms with Gasteiger partial charge in [-0.25, -0.2) is 18.8 Å². The highest BCUT2D eigenvalue weighted by atomic mass is 32.2. The van der Waals surface area contributed by atoms with Crippen LogP contribution in [-0.2, 0) is 15.6 Å². The Bertz CT molecular complexity index is 2060. The van der Waals surface area contributed by atoms with Crippen LogP contribution in [0.15, 0.2) is 145 Å². The lowest BCUT2D eigenvalue weighted by Gasteiger charge is -2.44. The Kier molecular flexibility index (Phi) is 9.32. The van der Waals surface area contributed by atoms with E-state index >= 15 is 0 Å². The molecule has 2 N–H and O–H groups in total. The molecule has 1 aliphatic heterocycles. The standard InChI is InChI=1S/C41H43N5O3S/c1-4-44(27-30(2)47)50(48,49)37-23-20-32(21-24-37)39-26-42-40-25-22-33(28-45(39)40)38-29-46(43-31(38)3)41(34-14-8-5-9-15-34,35-16-10-6-11-17-35)36-18-12-7-13-19-36/h5-20,22-26,28-32,43,47H,4,21,27H2,1-3H3/t30-,31?,32?/m1/s1. The first-order chi connectivity index (χ1) is 24.2. The van der Waals surface area contributed by atoms with E-state index in [0.717, 1.165) is 39.2 Å². The number of likely N-dealkylation sites (N-methyl/N-ethyl adjacent to an activating group) is 1. The van der Waals surface area contributed by atoms with Gasteiger partial charge in [0.2, 0.25) is 10.0 Å². The van der Waals surface area contributed by atoms with Gasteiger partial charge < -0.3 is 9.51 Å². The number of pyridine rings is 1. The molecule has 8 nitrogen and oxygen atoms in total. The molecule has 0 bridgehead atoms. The number of aliphatic hydroxyl groups excluding tert-OH is 1. The maximum atomic E-state index is 13.3. The van der Waals surface area contributed by atoms with E-state index in [2.05, 4.69) is 131 Å². The van der Waals surface area contributed by atoms with E-state index in [4.69, 9.17) is 4.98 Å². The fourth-order valence-corrected chi connectivity index (χ4v) is 8.94. The molecule has 5 aromatic rings. The lowest BCUT2D eigenvalue weighted by atomic mass is 9.76. The molecule has 50 heavy (non-hydrogen) atoms. The highest BCUT2D eigenvalue weighted by Gasteiger charge is 2.44. The van der Waals surface area contributed by atoms with Crippen molar-refractivity contribution in [1.29, 1.82) is 0 Å². The summed E-state index contributed by atoms with van der Waals surface area (Å²) in [6.07, 6.45) is 11.5. The smallest absolute Gasteiger partial charge is 0.242 e. The Balaban J connectivity index is 1.26. The lowest BCUT2D eigenvalue weighted by Crippen LogP contribution is -2.51. The van der Waals surface area contributed by atoms with Gasteiger partial charge in [0.25, 0.3) is 0 Å². The first-order valence-electron chi connectivity index (χ1n) is 17.2. The molecule has 7 rings (SSSR count). The van der Waals surface area contributed by atoms with Crippen molar-refractivity contribution in [3.05, 3.63) is 173 Å². The Morgan fingerprint density at radius 2 is 1.54 bits per heavy atom. The van der Waals surface area contributed by atoms with Crippen LogP contribution in [0.3, 0.4) is 0 Å². The minimum absolute atomic E-state index is 0.00311. The van der Waals surface area contributed by atoms with Crippen molar-refractivity contribution in [2.24, 2.45) is 0 Å². The highest BCUT2D eigenvalue weighted by Crippen LogP contribution is 2.44. The van der Waals surface area contributed by atoms with Crippen molar-refractivity contribution in [2.75, 3.05) is 13.1 Å². The van der Waals surface area contributed by atoms with E-state index < -0.39 is 21.7 Å². The molecule has 0 radical (unpaired) electrons. The zero-order chi connectivity index (χ0) is 34.9. The van der Waals surface area contributed by atoms with Crippen LogP contribution >= 0.6 is 0 Å². The van der Waals surface area contributed by atoms with Gasteiger partial charge in [0.1, 0.15) is 11.2 Å². The number of hydrogen-bond donors (Lipinski definition) is 2. The fraction of sp³-hybridized carbons (Fsp3) is 0.244. The summed E-state index contributed by atoms with van der Waals surface area (Å²) in [5.74, 6) is -0.0439. The number of hydrazine groups is 1. The first kappa shape index (κ1) is 33.7. The number of aromatic nitrogens is 2. The van der Waals surface area contributed by atoms with Gasteiger partial charge >= 0.3 is 0 Å². The summed E-state index contributed by atoms with van der Waals surface area (Å²) in [4.78, 5) is 4.97. The van der Waals surface area contributed by atoms with Crippen molar-refractivity contribution < 1.29 is 13.5 Å². The summed E-state index contributed by atoms with van der Waals surface area (Å²) in [6, 6.07) is 36.0. The maximum Gasteiger partial charge on any atom is 0.242 e. The maximum absolute atomic E-state index is 13.3. The van der Waals surface area contributed by atoms with Crippen molar-refractivity contribution in [2.45, 2.75) is 50.8 Å². The number of fused-ring (bicyclic) bond motifs is 1. The summed E-state index contributed by atoms with van der Waals surface area (Å²) in [5, 5.41) is 12.1. The molecular weight excluding hydrogens is 643 g/mol. The molecule has 0 saturated carbocycles. The van der Waals surface area contributed by atoms with E-state index in [0.29, 0.717) is 13.0 Å². The molecule has 2 aromatic heterocycles. The molecule has 3 heterocycles. The molecule has 256 valence electrons. The van der Waals surface area contributed by atoms with Crippen LogP contribution < -0.4 is 5.43 Å². The molecule has 0 amide bonds. The molecule has 3 aromatic carbocycles. The van der Waals surface area contributed by atoms with Crippen molar-refractivity contribution >= 4 is 21.2 Å². The number of nitrogens with zero attached hydrogens (tertiary/aromatic N) is 4. The third-order valence-electron chi connectivity index (χ3n) is 9.78. The van der Waals surface area contributed by atoms with Crippen LogP contribution in [0.25, 0.3) is 11.2 Å². The van der Waals surface area contributed by atoms with Gasteiger partial charge in [0.15, 0.2) is 0 Å². The monoisotopic (exact) mass is 685 g/mol. The topological polar surface area (TPSA) is 90.2 Å². The Labute approximate surface area is 294 Å². The number of benzene rings is 3. The van der Waals surface area contributed by atoms with Crippen LogP contribution in [0, 0.1) is 0 Å². The second kappa shape index (κ2) is 13.8.